The van der Waals surface area contributed by atoms with Gasteiger partial charge < -0.3 is 19.5 Å². The van der Waals surface area contributed by atoms with Gasteiger partial charge in [0.2, 0.25) is 0 Å². The lowest BCUT2D eigenvalue weighted by Gasteiger charge is -2.08. The molecule has 1 aromatic carbocycles. The molecule has 0 unspecified atom stereocenters. The molecule has 90 valence electrons. The molecule has 0 spiro atoms. The van der Waals surface area contributed by atoms with E-state index in [1.54, 1.807) is 14.2 Å². The smallest absolute Gasteiger partial charge is 0.123 e. The van der Waals surface area contributed by atoms with Crippen LogP contribution in [0.25, 0.3) is 0 Å². The Morgan fingerprint density at radius 1 is 1.06 bits per heavy atom. The minimum atomic E-state index is 0.636. The molecule has 1 N–H and O–H groups in total. The second-order valence-electron chi connectivity index (χ2n) is 3.27. The van der Waals surface area contributed by atoms with Crippen LogP contribution in [-0.4, -0.2) is 40.5 Å². The van der Waals surface area contributed by atoms with Gasteiger partial charge in [-0.05, 0) is 12.1 Å². The van der Waals surface area contributed by atoms with E-state index in [4.69, 9.17) is 14.2 Å². The zero-order valence-corrected chi connectivity index (χ0v) is 9.86. The highest BCUT2D eigenvalue weighted by Crippen LogP contribution is 2.18. The van der Waals surface area contributed by atoms with Gasteiger partial charge in [0.15, 0.2) is 0 Å². The first kappa shape index (κ1) is 12.8. The number of methoxy groups -OCH3 is 2. The summed E-state index contributed by atoms with van der Waals surface area (Å²) in [6.07, 6.45) is 0. The van der Waals surface area contributed by atoms with Crippen molar-refractivity contribution in [3.63, 3.8) is 0 Å². The minimum absolute atomic E-state index is 0.636. The number of benzene rings is 1. The molecule has 0 fully saturated rings. The monoisotopic (exact) mass is 225 g/mol. The lowest BCUT2D eigenvalue weighted by Crippen LogP contribution is -2.24. The Hall–Kier alpha value is -1.26. The second-order valence-corrected chi connectivity index (χ2v) is 3.27. The summed E-state index contributed by atoms with van der Waals surface area (Å²) in [6.45, 7) is 3.01. The predicted octanol–water partition coefficient (Wildman–Crippen LogP) is 1.31. The molecule has 0 aliphatic rings. The number of hydrogen-bond donors (Lipinski definition) is 1. The average Bonchev–Trinajstić information content (AvgIpc) is 2.34. The van der Waals surface area contributed by atoms with Gasteiger partial charge >= 0.3 is 0 Å². The highest BCUT2D eigenvalue weighted by atomic mass is 16.5. The van der Waals surface area contributed by atoms with Crippen LogP contribution in [0.4, 0.5) is 0 Å². The zero-order chi connectivity index (χ0) is 11.6. The van der Waals surface area contributed by atoms with Crippen LogP contribution >= 0.6 is 0 Å². The Morgan fingerprint density at radius 2 is 1.81 bits per heavy atom. The zero-order valence-electron chi connectivity index (χ0n) is 9.86. The fourth-order valence-electron chi connectivity index (χ4n) is 1.23. The van der Waals surface area contributed by atoms with Crippen molar-refractivity contribution in [3.8, 4) is 11.5 Å². The molecular weight excluding hydrogens is 206 g/mol. The van der Waals surface area contributed by atoms with E-state index in [0.29, 0.717) is 6.61 Å². The van der Waals surface area contributed by atoms with Gasteiger partial charge in [-0.15, -0.1) is 0 Å². The summed E-state index contributed by atoms with van der Waals surface area (Å²) in [4.78, 5) is 0. The molecule has 4 nitrogen and oxygen atoms in total. The summed E-state index contributed by atoms with van der Waals surface area (Å²) in [5.74, 6) is 1.64. The fraction of sp³-hybridized carbons (Fsp3) is 0.500. The van der Waals surface area contributed by atoms with E-state index in [9.17, 15) is 0 Å². The van der Waals surface area contributed by atoms with Gasteiger partial charge in [-0.1, -0.05) is 6.07 Å². The van der Waals surface area contributed by atoms with Gasteiger partial charge in [-0.3, -0.25) is 0 Å². The van der Waals surface area contributed by atoms with Crippen molar-refractivity contribution >= 4 is 0 Å². The average molecular weight is 225 g/mol. The van der Waals surface area contributed by atoms with E-state index in [-0.39, 0.29) is 0 Å². The summed E-state index contributed by atoms with van der Waals surface area (Å²) in [5.41, 5.74) is 0. The van der Waals surface area contributed by atoms with Crippen LogP contribution in [-0.2, 0) is 4.74 Å². The quantitative estimate of drug-likeness (QED) is 0.677. The number of hydrogen-bond acceptors (Lipinski definition) is 4. The highest BCUT2D eigenvalue weighted by Gasteiger charge is 1.95. The van der Waals surface area contributed by atoms with Crippen molar-refractivity contribution < 1.29 is 14.2 Å². The SMILES string of the molecule is COCCNCCOc1cccc(OC)c1. The third kappa shape index (κ3) is 5.00. The Morgan fingerprint density at radius 3 is 2.56 bits per heavy atom. The van der Waals surface area contributed by atoms with Crippen LogP contribution in [0.1, 0.15) is 0 Å². The van der Waals surface area contributed by atoms with E-state index in [2.05, 4.69) is 5.32 Å². The topological polar surface area (TPSA) is 39.7 Å². The first-order valence-electron chi connectivity index (χ1n) is 5.33. The molecule has 0 atom stereocenters. The summed E-state index contributed by atoms with van der Waals surface area (Å²) in [5, 5.41) is 3.20. The first-order valence-corrected chi connectivity index (χ1v) is 5.33. The van der Waals surface area contributed by atoms with Gasteiger partial charge in [0, 0.05) is 26.3 Å². The third-order valence-electron chi connectivity index (χ3n) is 2.07. The van der Waals surface area contributed by atoms with E-state index in [1.807, 2.05) is 24.3 Å². The van der Waals surface area contributed by atoms with Gasteiger partial charge in [-0.25, -0.2) is 0 Å². The van der Waals surface area contributed by atoms with Crippen molar-refractivity contribution in [3.05, 3.63) is 24.3 Å². The van der Waals surface area contributed by atoms with Crippen molar-refractivity contribution in [2.24, 2.45) is 0 Å². The summed E-state index contributed by atoms with van der Waals surface area (Å²) in [7, 11) is 3.33. The fourth-order valence-corrected chi connectivity index (χ4v) is 1.23. The maximum absolute atomic E-state index is 5.55. The molecule has 0 bridgehead atoms. The lowest BCUT2D eigenvalue weighted by atomic mass is 10.3. The third-order valence-corrected chi connectivity index (χ3v) is 2.07. The van der Waals surface area contributed by atoms with Gasteiger partial charge in [-0.2, -0.15) is 0 Å². The molecule has 16 heavy (non-hydrogen) atoms. The summed E-state index contributed by atoms with van der Waals surface area (Å²) < 4.78 is 15.6. The van der Waals surface area contributed by atoms with Crippen LogP contribution < -0.4 is 14.8 Å². The van der Waals surface area contributed by atoms with Crippen LogP contribution in [0, 0.1) is 0 Å². The first-order chi connectivity index (χ1) is 7.86. The summed E-state index contributed by atoms with van der Waals surface area (Å²) in [6, 6.07) is 7.59. The molecule has 0 heterocycles. The molecule has 0 aromatic heterocycles. The van der Waals surface area contributed by atoms with Gasteiger partial charge in [0.25, 0.3) is 0 Å². The number of nitrogens with one attached hydrogen (secondary N) is 1. The normalized spacial score (nSPS) is 10.1. The van der Waals surface area contributed by atoms with Crippen molar-refractivity contribution in [2.45, 2.75) is 0 Å². The van der Waals surface area contributed by atoms with E-state index >= 15 is 0 Å². The number of ether oxygens (including phenoxy) is 3. The van der Waals surface area contributed by atoms with Crippen molar-refractivity contribution in [2.75, 3.05) is 40.5 Å². The Labute approximate surface area is 96.5 Å². The van der Waals surface area contributed by atoms with E-state index in [1.165, 1.54) is 0 Å². The Kier molecular flexibility index (Phi) is 6.37. The largest absolute Gasteiger partial charge is 0.497 e. The molecule has 0 aliphatic heterocycles. The standard InChI is InChI=1S/C12H19NO3/c1-14-8-6-13-7-9-16-12-5-3-4-11(10-12)15-2/h3-5,10,13H,6-9H2,1-2H3. The van der Waals surface area contributed by atoms with E-state index in [0.717, 1.165) is 31.2 Å². The Bertz CT molecular complexity index is 291. The minimum Gasteiger partial charge on any atom is -0.497 e. The number of rotatable bonds is 8. The highest BCUT2D eigenvalue weighted by molar-refractivity contribution is 5.32. The molecular formula is C12H19NO3. The maximum Gasteiger partial charge on any atom is 0.123 e. The maximum atomic E-state index is 5.55. The van der Waals surface area contributed by atoms with Crippen LogP contribution in [0.2, 0.25) is 0 Å². The molecule has 4 heteroatoms. The molecule has 0 amide bonds. The molecule has 0 aliphatic carbocycles. The predicted molar refractivity (Wildman–Crippen MR) is 63.2 cm³/mol. The molecule has 1 aromatic rings. The van der Waals surface area contributed by atoms with Crippen LogP contribution in [0.15, 0.2) is 24.3 Å². The van der Waals surface area contributed by atoms with Gasteiger partial charge in [0.1, 0.15) is 18.1 Å². The Balaban J connectivity index is 2.16. The van der Waals surface area contributed by atoms with Crippen LogP contribution in [0.3, 0.4) is 0 Å². The van der Waals surface area contributed by atoms with Crippen LogP contribution in [0.5, 0.6) is 11.5 Å². The molecule has 0 saturated heterocycles. The van der Waals surface area contributed by atoms with Crippen molar-refractivity contribution in [1.29, 1.82) is 0 Å². The second kappa shape index (κ2) is 7.96. The van der Waals surface area contributed by atoms with Crippen molar-refractivity contribution in [1.82, 2.24) is 5.32 Å². The summed E-state index contributed by atoms with van der Waals surface area (Å²) >= 11 is 0. The van der Waals surface area contributed by atoms with E-state index < -0.39 is 0 Å². The molecule has 0 radical (unpaired) electrons. The molecule has 1 rings (SSSR count). The van der Waals surface area contributed by atoms with Gasteiger partial charge in [0.05, 0.1) is 13.7 Å². The lowest BCUT2D eigenvalue weighted by molar-refractivity contribution is 0.196. The molecule has 0 saturated carbocycles.